The van der Waals surface area contributed by atoms with Crippen LogP contribution in [0.15, 0.2) is 18.2 Å². The number of anilines is 2. The van der Waals surface area contributed by atoms with Gasteiger partial charge in [-0.3, -0.25) is 4.79 Å². The van der Waals surface area contributed by atoms with Crippen molar-refractivity contribution in [1.29, 1.82) is 0 Å². The van der Waals surface area contributed by atoms with Gasteiger partial charge >= 0.3 is 0 Å². The minimum atomic E-state index is -0.0522. The molecule has 1 heterocycles. The average Bonchev–Trinajstić information content (AvgIpc) is 2.50. The van der Waals surface area contributed by atoms with Crippen LogP contribution < -0.4 is 16.0 Å². The number of carbonyl (C=O) groups is 1. The summed E-state index contributed by atoms with van der Waals surface area (Å²) < 4.78 is 5.45. The maximum atomic E-state index is 12.4. The highest BCUT2D eigenvalue weighted by Gasteiger charge is 2.18. The van der Waals surface area contributed by atoms with Crippen LogP contribution in [0.2, 0.25) is 0 Å². The monoisotopic (exact) mass is 291 g/mol. The fourth-order valence-corrected chi connectivity index (χ4v) is 2.28. The van der Waals surface area contributed by atoms with Gasteiger partial charge in [-0.2, -0.15) is 0 Å². The number of amides is 1. The lowest BCUT2D eigenvalue weighted by Crippen LogP contribution is -2.42. The maximum absolute atomic E-state index is 12.4. The van der Waals surface area contributed by atoms with Crippen molar-refractivity contribution in [3.63, 3.8) is 0 Å². The maximum Gasteiger partial charge on any atom is 0.251 e. The number of nitrogens with one attached hydrogen (secondary N) is 3. The molecule has 0 aliphatic carbocycles. The van der Waals surface area contributed by atoms with Gasteiger partial charge in [0.1, 0.15) is 0 Å². The van der Waals surface area contributed by atoms with Crippen molar-refractivity contribution >= 4 is 17.3 Å². The van der Waals surface area contributed by atoms with Crippen LogP contribution in [0.25, 0.3) is 0 Å². The second-order valence-electron chi connectivity index (χ2n) is 5.60. The van der Waals surface area contributed by atoms with Gasteiger partial charge in [-0.1, -0.05) is 13.8 Å². The fraction of sp³-hybridized carbons (Fsp3) is 0.562. The van der Waals surface area contributed by atoms with E-state index in [0.717, 1.165) is 24.5 Å². The number of hydrogen-bond donors (Lipinski definition) is 3. The van der Waals surface area contributed by atoms with Crippen molar-refractivity contribution in [3.05, 3.63) is 23.8 Å². The number of carbonyl (C=O) groups excluding carboxylic acids is 1. The summed E-state index contributed by atoms with van der Waals surface area (Å²) in [6, 6.07) is 5.73. The van der Waals surface area contributed by atoms with Gasteiger partial charge in [-0.05, 0) is 31.0 Å². The average molecular weight is 291 g/mol. The summed E-state index contributed by atoms with van der Waals surface area (Å²) in [5.41, 5.74) is 2.71. The van der Waals surface area contributed by atoms with Crippen molar-refractivity contribution in [2.75, 3.05) is 36.9 Å². The van der Waals surface area contributed by atoms with Crippen molar-refractivity contribution < 1.29 is 9.53 Å². The molecule has 1 unspecified atom stereocenters. The molecule has 0 saturated heterocycles. The summed E-state index contributed by atoms with van der Waals surface area (Å²) in [6.45, 7) is 9.11. The Hall–Kier alpha value is -1.75. The molecule has 5 nitrogen and oxygen atoms in total. The Kier molecular flexibility index (Phi) is 5.44. The van der Waals surface area contributed by atoms with Crippen LogP contribution in [0.1, 0.15) is 31.1 Å². The SMILES string of the molecule is CCOCC(NC(=O)c1ccc2c(c1)NCCN2)C(C)C. The van der Waals surface area contributed by atoms with Gasteiger partial charge in [-0.15, -0.1) is 0 Å². The first kappa shape index (κ1) is 15.6. The zero-order valence-electron chi connectivity index (χ0n) is 13.0. The van der Waals surface area contributed by atoms with Gasteiger partial charge in [-0.25, -0.2) is 0 Å². The molecule has 1 amide bonds. The van der Waals surface area contributed by atoms with E-state index >= 15 is 0 Å². The third kappa shape index (κ3) is 4.11. The first-order valence-electron chi connectivity index (χ1n) is 7.62. The quantitative estimate of drug-likeness (QED) is 0.752. The molecular weight excluding hydrogens is 266 g/mol. The molecule has 116 valence electrons. The molecule has 0 bridgehead atoms. The summed E-state index contributed by atoms with van der Waals surface area (Å²) in [5, 5.41) is 9.66. The third-order valence-electron chi connectivity index (χ3n) is 3.66. The van der Waals surface area contributed by atoms with Crippen molar-refractivity contribution in [2.45, 2.75) is 26.8 Å². The molecule has 1 aromatic carbocycles. The predicted molar refractivity (Wildman–Crippen MR) is 86.0 cm³/mol. The molecule has 1 aliphatic rings. The minimum Gasteiger partial charge on any atom is -0.382 e. The van der Waals surface area contributed by atoms with E-state index in [9.17, 15) is 4.79 Å². The Morgan fingerprint density at radius 1 is 1.29 bits per heavy atom. The summed E-state index contributed by atoms with van der Waals surface area (Å²) in [4.78, 5) is 12.4. The van der Waals surface area contributed by atoms with Gasteiger partial charge in [0.2, 0.25) is 0 Å². The molecule has 0 radical (unpaired) electrons. The van der Waals surface area contributed by atoms with Crippen molar-refractivity contribution in [2.24, 2.45) is 5.92 Å². The first-order chi connectivity index (χ1) is 10.1. The highest BCUT2D eigenvalue weighted by atomic mass is 16.5. The molecule has 0 saturated carbocycles. The standard InChI is InChI=1S/C16H25N3O2/c1-4-21-10-15(11(2)3)19-16(20)12-5-6-13-14(9-12)18-8-7-17-13/h5-6,9,11,15,17-18H,4,7-8,10H2,1-3H3,(H,19,20). The highest BCUT2D eigenvalue weighted by molar-refractivity contribution is 5.96. The van der Waals surface area contributed by atoms with E-state index in [1.54, 1.807) is 0 Å². The number of fused-ring (bicyclic) bond motifs is 1. The molecule has 5 heteroatoms. The van der Waals surface area contributed by atoms with E-state index in [4.69, 9.17) is 4.74 Å². The normalized spacial score (nSPS) is 14.9. The van der Waals surface area contributed by atoms with Gasteiger partial charge in [0.05, 0.1) is 24.0 Å². The van der Waals surface area contributed by atoms with Gasteiger partial charge in [0.25, 0.3) is 5.91 Å². The molecule has 1 aliphatic heterocycles. The number of rotatable bonds is 6. The minimum absolute atomic E-state index is 0.0274. The molecule has 0 aromatic heterocycles. The van der Waals surface area contributed by atoms with Crippen LogP contribution in [0.5, 0.6) is 0 Å². The lowest BCUT2D eigenvalue weighted by Gasteiger charge is -2.23. The van der Waals surface area contributed by atoms with Crippen LogP contribution in [0, 0.1) is 5.92 Å². The number of benzene rings is 1. The summed E-state index contributed by atoms with van der Waals surface area (Å²) >= 11 is 0. The van der Waals surface area contributed by atoms with Gasteiger partial charge in [0.15, 0.2) is 0 Å². The predicted octanol–water partition coefficient (Wildman–Crippen LogP) is 2.31. The third-order valence-corrected chi connectivity index (χ3v) is 3.66. The molecule has 1 atom stereocenters. The van der Waals surface area contributed by atoms with Crippen molar-refractivity contribution in [3.8, 4) is 0 Å². The fourth-order valence-electron chi connectivity index (χ4n) is 2.28. The molecular formula is C16H25N3O2. The molecule has 0 spiro atoms. The molecule has 0 fully saturated rings. The smallest absolute Gasteiger partial charge is 0.251 e. The topological polar surface area (TPSA) is 62.4 Å². The van der Waals surface area contributed by atoms with Gasteiger partial charge in [0, 0.05) is 25.3 Å². The zero-order chi connectivity index (χ0) is 15.2. The van der Waals surface area contributed by atoms with E-state index in [0.29, 0.717) is 24.7 Å². The van der Waals surface area contributed by atoms with E-state index in [2.05, 4.69) is 29.8 Å². The Balaban J connectivity index is 2.04. The van der Waals surface area contributed by atoms with E-state index in [-0.39, 0.29) is 11.9 Å². The summed E-state index contributed by atoms with van der Waals surface area (Å²) in [7, 11) is 0. The number of ether oxygens (including phenoxy) is 1. The molecule has 2 rings (SSSR count). The molecule has 3 N–H and O–H groups in total. The number of hydrogen-bond acceptors (Lipinski definition) is 4. The second-order valence-corrected chi connectivity index (χ2v) is 5.60. The Labute approximate surface area is 126 Å². The van der Waals surface area contributed by atoms with Crippen LogP contribution in [0.4, 0.5) is 11.4 Å². The van der Waals surface area contributed by atoms with Crippen molar-refractivity contribution in [1.82, 2.24) is 5.32 Å². The van der Waals surface area contributed by atoms with Crippen LogP contribution in [-0.2, 0) is 4.74 Å². The summed E-state index contributed by atoms with van der Waals surface area (Å²) in [5.74, 6) is 0.279. The van der Waals surface area contributed by atoms with Crippen LogP contribution in [-0.4, -0.2) is 38.3 Å². The molecule has 21 heavy (non-hydrogen) atoms. The Morgan fingerprint density at radius 3 is 2.67 bits per heavy atom. The largest absolute Gasteiger partial charge is 0.382 e. The Bertz CT molecular complexity index is 488. The lowest BCUT2D eigenvalue weighted by molar-refractivity contribution is 0.0806. The molecule has 1 aromatic rings. The zero-order valence-corrected chi connectivity index (χ0v) is 13.0. The second kappa shape index (κ2) is 7.31. The summed E-state index contributed by atoms with van der Waals surface area (Å²) in [6.07, 6.45) is 0. The highest BCUT2D eigenvalue weighted by Crippen LogP contribution is 2.25. The van der Waals surface area contributed by atoms with Crippen LogP contribution >= 0.6 is 0 Å². The Morgan fingerprint density at radius 2 is 2.00 bits per heavy atom. The van der Waals surface area contributed by atoms with Gasteiger partial charge < -0.3 is 20.7 Å². The van der Waals surface area contributed by atoms with E-state index in [1.165, 1.54) is 0 Å². The lowest BCUT2D eigenvalue weighted by atomic mass is 10.0. The van der Waals surface area contributed by atoms with Crippen LogP contribution in [0.3, 0.4) is 0 Å². The first-order valence-corrected chi connectivity index (χ1v) is 7.62. The van der Waals surface area contributed by atoms with E-state index < -0.39 is 0 Å². The van der Waals surface area contributed by atoms with E-state index in [1.807, 2.05) is 25.1 Å².